The van der Waals surface area contributed by atoms with Gasteiger partial charge < -0.3 is 5.32 Å². The van der Waals surface area contributed by atoms with Gasteiger partial charge in [-0.25, -0.2) is 4.98 Å². The molecule has 1 fully saturated rings. The van der Waals surface area contributed by atoms with Crippen LogP contribution in [-0.4, -0.2) is 29.0 Å². The van der Waals surface area contributed by atoms with E-state index >= 15 is 0 Å². The molecule has 102 valence electrons. The molecule has 18 heavy (non-hydrogen) atoms. The third kappa shape index (κ3) is 3.77. The Morgan fingerprint density at radius 3 is 3.00 bits per heavy atom. The minimum absolute atomic E-state index is 0.711. The molecule has 1 aromatic rings. The van der Waals surface area contributed by atoms with E-state index in [1.807, 2.05) is 0 Å². The first-order valence-electron chi connectivity index (χ1n) is 7.07. The van der Waals surface area contributed by atoms with Crippen molar-refractivity contribution < 1.29 is 0 Å². The molecule has 0 aliphatic carbocycles. The molecule has 0 radical (unpaired) electrons. The summed E-state index contributed by atoms with van der Waals surface area (Å²) in [4.78, 5) is 7.28. The van der Waals surface area contributed by atoms with Crippen molar-refractivity contribution in [1.82, 2.24) is 15.2 Å². The van der Waals surface area contributed by atoms with Crippen LogP contribution in [0.2, 0.25) is 0 Å². The van der Waals surface area contributed by atoms with Gasteiger partial charge in [-0.05, 0) is 32.2 Å². The molecule has 0 saturated carbocycles. The van der Waals surface area contributed by atoms with Gasteiger partial charge >= 0.3 is 0 Å². The minimum atomic E-state index is 0.711. The first-order chi connectivity index (χ1) is 8.69. The molecule has 1 N–H and O–H groups in total. The topological polar surface area (TPSA) is 28.2 Å². The number of hydrogen-bond donors (Lipinski definition) is 1. The van der Waals surface area contributed by atoms with E-state index in [2.05, 4.69) is 36.4 Å². The molecule has 0 amide bonds. The lowest BCUT2D eigenvalue weighted by Gasteiger charge is -2.19. The second kappa shape index (κ2) is 6.64. The van der Waals surface area contributed by atoms with Crippen LogP contribution in [-0.2, 0) is 13.1 Å². The van der Waals surface area contributed by atoms with Crippen molar-refractivity contribution in [2.24, 2.45) is 5.92 Å². The summed E-state index contributed by atoms with van der Waals surface area (Å²) in [7, 11) is 0. The number of rotatable bonds is 6. The molecule has 4 heteroatoms. The van der Waals surface area contributed by atoms with Gasteiger partial charge in [0.2, 0.25) is 0 Å². The lowest BCUT2D eigenvalue weighted by molar-refractivity contribution is 0.254. The molecule has 0 bridgehead atoms. The number of nitrogens with one attached hydrogen (secondary N) is 1. The first-order valence-corrected chi connectivity index (χ1v) is 7.95. The van der Waals surface area contributed by atoms with Crippen LogP contribution in [0, 0.1) is 5.92 Å². The highest BCUT2D eigenvalue weighted by Crippen LogP contribution is 2.24. The van der Waals surface area contributed by atoms with Crippen molar-refractivity contribution in [3.63, 3.8) is 0 Å². The van der Waals surface area contributed by atoms with E-state index < -0.39 is 0 Å². The minimum Gasteiger partial charge on any atom is -0.310 e. The van der Waals surface area contributed by atoms with E-state index in [9.17, 15) is 0 Å². The fraction of sp³-hybridized carbons (Fsp3) is 0.786. The molecular weight excluding hydrogens is 242 g/mol. The summed E-state index contributed by atoms with van der Waals surface area (Å²) in [5, 5.41) is 6.85. The molecule has 2 heterocycles. The summed E-state index contributed by atoms with van der Waals surface area (Å²) in [6, 6.07) is 0.711. The standard InChI is InChI=1S/C14H25N3S/c1-4-5-15-7-14-16-13(10-18-14)9-17-8-11(2)6-12(17)3/h10-12,15H,4-9H2,1-3H3. The zero-order valence-corrected chi connectivity index (χ0v) is 12.6. The van der Waals surface area contributed by atoms with Crippen LogP contribution < -0.4 is 5.32 Å². The maximum absolute atomic E-state index is 4.72. The van der Waals surface area contributed by atoms with Gasteiger partial charge in [0, 0.05) is 31.1 Å². The van der Waals surface area contributed by atoms with Gasteiger partial charge in [-0.1, -0.05) is 13.8 Å². The molecule has 1 saturated heterocycles. The zero-order valence-electron chi connectivity index (χ0n) is 11.8. The van der Waals surface area contributed by atoms with E-state index in [0.717, 1.165) is 25.6 Å². The van der Waals surface area contributed by atoms with Crippen LogP contribution in [0.5, 0.6) is 0 Å². The second-order valence-corrected chi connectivity index (χ2v) is 6.47. The zero-order chi connectivity index (χ0) is 13.0. The van der Waals surface area contributed by atoms with Gasteiger partial charge in [0.15, 0.2) is 0 Å². The number of aromatic nitrogens is 1. The molecule has 3 nitrogen and oxygen atoms in total. The lowest BCUT2D eigenvalue weighted by atomic mass is 10.1. The number of hydrogen-bond acceptors (Lipinski definition) is 4. The Labute approximate surface area is 115 Å². The Bertz CT molecular complexity index is 364. The predicted octanol–water partition coefficient (Wildman–Crippen LogP) is 2.87. The van der Waals surface area contributed by atoms with Crippen molar-refractivity contribution in [3.8, 4) is 0 Å². The molecule has 2 atom stereocenters. The van der Waals surface area contributed by atoms with E-state index in [-0.39, 0.29) is 0 Å². The van der Waals surface area contributed by atoms with E-state index in [0.29, 0.717) is 6.04 Å². The number of thiazole rings is 1. The van der Waals surface area contributed by atoms with Crippen LogP contribution in [0.3, 0.4) is 0 Å². The maximum atomic E-state index is 4.72. The van der Waals surface area contributed by atoms with Gasteiger partial charge in [0.25, 0.3) is 0 Å². The first kappa shape index (κ1) is 14.0. The van der Waals surface area contributed by atoms with Gasteiger partial charge in [0.1, 0.15) is 5.01 Å². The smallest absolute Gasteiger partial charge is 0.107 e. The van der Waals surface area contributed by atoms with Crippen molar-refractivity contribution in [2.45, 2.75) is 52.7 Å². The summed E-state index contributed by atoms with van der Waals surface area (Å²) >= 11 is 1.79. The molecule has 1 aromatic heterocycles. The lowest BCUT2D eigenvalue weighted by Crippen LogP contribution is -2.26. The van der Waals surface area contributed by atoms with Crippen molar-refractivity contribution in [2.75, 3.05) is 13.1 Å². The molecule has 1 aliphatic heterocycles. The van der Waals surface area contributed by atoms with Gasteiger partial charge in [-0.3, -0.25) is 4.90 Å². The monoisotopic (exact) mass is 267 g/mol. The SMILES string of the molecule is CCCNCc1nc(CN2CC(C)CC2C)cs1. The van der Waals surface area contributed by atoms with Crippen molar-refractivity contribution >= 4 is 11.3 Å². The quantitative estimate of drug-likeness (QED) is 0.803. The van der Waals surface area contributed by atoms with E-state index in [4.69, 9.17) is 4.98 Å². The molecule has 0 aromatic carbocycles. The van der Waals surface area contributed by atoms with E-state index in [1.165, 1.54) is 30.1 Å². The highest BCUT2D eigenvalue weighted by Gasteiger charge is 2.26. The van der Waals surface area contributed by atoms with Crippen LogP contribution in [0.1, 0.15) is 44.3 Å². The highest BCUT2D eigenvalue weighted by atomic mass is 32.1. The van der Waals surface area contributed by atoms with E-state index in [1.54, 1.807) is 11.3 Å². The normalized spacial score (nSPS) is 24.8. The largest absolute Gasteiger partial charge is 0.310 e. The van der Waals surface area contributed by atoms with Gasteiger partial charge in [0.05, 0.1) is 5.69 Å². The second-order valence-electron chi connectivity index (χ2n) is 5.53. The fourth-order valence-electron chi connectivity index (χ4n) is 2.69. The average Bonchev–Trinajstić information content (AvgIpc) is 2.88. The Kier molecular flexibility index (Phi) is 5.15. The summed E-state index contributed by atoms with van der Waals surface area (Å²) < 4.78 is 0. The van der Waals surface area contributed by atoms with Crippen molar-refractivity contribution in [1.29, 1.82) is 0 Å². The Morgan fingerprint density at radius 2 is 2.33 bits per heavy atom. The molecule has 2 unspecified atom stereocenters. The number of likely N-dealkylation sites (tertiary alicyclic amines) is 1. The van der Waals surface area contributed by atoms with Crippen LogP contribution >= 0.6 is 11.3 Å². The third-order valence-electron chi connectivity index (χ3n) is 3.58. The fourth-order valence-corrected chi connectivity index (χ4v) is 3.44. The highest BCUT2D eigenvalue weighted by molar-refractivity contribution is 7.09. The summed E-state index contributed by atoms with van der Waals surface area (Å²) in [5.41, 5.74) is 1.24. The molecule has 1 aliphatic rings. The van der Waals surface area contributed by atoms with Gasteiger partial charge in [-0.15, -0.1) is 11.3 Å². The van der Waals surface area contributed by atoms with Crippen LogP contribution in [0.25, 0.3) is 0 Å². The van der Waals surface area contributed by atoms with Crippen LogP contribution in [0.15, 0.2) is 5.38 Å². The molecule has 0 spiro atoms. The summed E-state index contributed by atoms with van der Waals surface area (Å²) in [5.74, 6) is 0.837. The maximum Gasteiger partial charge on any atom is 0.107 e. The average molecular weight is 267 g/mol. The van der Waals surface area contributed by atoms with Gasteiger partial charge in [-0.2, -0.15) is 0 Å². The summed E-state index contributed by atoms with van der Waals surface area (Å²) in [6.07, 6.45) is 2.51. The Balaban J connectivity index is 1.83. The Hall–Kier alpha value is -0.450. The number of nitrogens with zero attached hydrogens (tertiary/aromatic N) is 2. The van der Waals surface area contributed by atoms with Crippen molar-refractivity contribution in [3.05, 3.63) is 16.1 Å². The Morgan fingerprint density at radius 1 is 1.50 bits per heavy atom. The predicted molar refractivity (Wildman–Crippen MR) is 77.8 cm³/mol. The molecule has 2 rings (SSSR count). The third-order valence-corrected chi connectivity index (χ3v) is 4.48. The summed E-state index contributed by atoms with van der Waals surface area (Å²) in [6.45, 7) is 11.1. The van der Waals surface area contributed by atoms with Crippen LogP contribution in [0.4, 0.5) is 0 Å². The molecular formula is C14H25N3S.